The molecule has 2 rings (SSSR count). The van der Waals surface area contributed by atoms with E-state index in [1.54, 1.807) is 0 Å². The molecule has 1 aliphatic carbocycles. The maximum atomic E-state index is 11.6. The molecule has 2 fully saturated rings. The zero-order chi connectivity index (χ0) is 12.1. The molecule has 1 amide bonds. The van der Waals surface area contributed by atoms with Gasteiger partial charge in [-0.3, -0.25) is 4.79 Å². The van der Waals surface area contributed by atoms with Crippen LogP contribution in [0.15, 0.2) is 0 Å². The number of carbonyl (C=O) groups is 1. The minimum absolute atomic E-state index is 0.124. The van der Waals surface area contributed by atoms with Gasteiger partial charge in [0, 0.05) is 6.04 Å². The third kappa shape index (κ3) is 1.93. The van der Waals surface area contributed by atoms with Gasteiger partial charge in [-0.1, -0.05) is 20.8 Å². The zero-order valence-electron chi connectivity index (χ0n) is 11.0. The van der Waals surface area contributed by atoms with E-state index in [2.05, 4.69) is 39.2 Å². The smallest absolute Gasteiger partial charge is 0.225 e. The molecule has 0 unspecified atom stereocenters. The minimum atomic E-state index is -1.72. The third-order valence-corrected chi connectivity index (χ3v) is 8.94. The first kappa shape index (κ1) is 12.1. The maximum Gasteiger partial charge on any atom is 0.225 e. The second-order valence-electron chi connectivity index (χ2n) is 6.70. The quantitative estimate of drug-likeness (QED) is 0.753. The average Bonchev–Trinajstić information content (AvgIpc) is 2.58. The van der Waals surface area contributed by atoms with Crippen LogP contribution in [0, 0.1) is 5.92 Å². The second kappa shape index (κ2) is 3.57. The molecule has 3 atom stereocenters. The molecule has 1 aliphatic heterocycles. The number of rotatable bonds is 2. The Morgan fingerprint density at radius 1 is 1.31 bits per heavy atom. The van der Waals surface area contributed by atoms with Crippen LogP contribution in [-0.2, 0) is 9.22 Å². The van der Waals surface area contributed by atoms with E-state index in [-0.39, 0.29) is 23.0 Å². The van der Waals surface area contributed by atoms with Crippen LogP contribution in [0.5, 0.6) is 0 Å². The molecule has 0 aromatic rings. The standard InChI is InChI=1S/C12H23NO2Si/c1-12(2,3)16(4,5)15-10-7-8-6-9(10)11(14)13-8/h8-10H,6-7H2,1-5H3,(H,13,14)/t8-,9+,10-/m0/s1. The largest absolute Gasteiger partial charge is 0.413 e. The van der Waals surface area contributed by atoms with E-state index >= 15 is 0 Å². The Kier molecular flexibility index (Phi) is 2.70. The highest BCUT2D eigenvalue weighted by Gasteiger charge is 2.49. The fourth-order valence-electron chi connectivity index (χ4n) is 2.39. The predicted octanol–water partition coefficient (Wildman–Crippen LogP) is 2.29. The summed E-state index contributed by atoms with van der Waals surface area (Å²) in [6.07, 6.45) is 2.18. The number of carbonyl (C=O) groups excluding carboxylic acids is 1. The molecule has 1 heterocycles. The Balaban J connectivity index is 2.04. The summed E-state index contributed by atoms with van der Waals surface area (Å²) in [5.41, 5.74) is 0. The summed E-state index contributed by atoms with van der Waals surface area (Å²) in [7, 11) is -1.72. The van der Waals surface area contributed by atoms with Crippen LogP contribution >= 0.6 is 0 Å². The molecule has 0 aromatic heterocycles. The lowest BCUT2D eigenvalue weighted by Crippen LogP contribution is -2.48. The van der Waals surface area contributed by atoms with E-state index in [1.165, 1.54) is 0 Å². The van der Waals surface area contributed by atoms with Crippen LogP contribution in [0.2, 0.25) is 18.1 Å². The number of fused-ring (bicyclic) bond motifs is 2. The lowest BCUT2D eigenvalue weighted by molar-refractivity contribution is -0.126. The first-order chi connectivity index (χ1) is 7.21. The monoisotopic (exact) mass is 241 g/mol. The number of nitrogens with one attached hydrogen (secondary N) is 1. The topological polar surface area (TPSA) is 38.3 Å². The van der Waals surface area contributed by atoms with Crippen molar-refractivity contribution in [2.75, 3.05) is 0 Å². The predicted molar refractivity (Wildman–Crippen MR) is 66.7 cm³/mol. The highest BCUT2D eigenvalue weighted by Crippen LogP contribution is 2.42. The molecule has 4 heteroatoms. The van der Waals surface area contributed by atoms with Crippen molar-refractivity contribution in [2.45, 2.75) is 63.9 Å². The van der Waals surface area contributed by atoms with Gasteiger partial charge < -0.3 is 9.74 Å². The van der Waals surface area contributed by atoms with E-state index < -0.39 is 8.32 Å². The first-order valence-corrected chi connectivity index (χ1v) is 9.10. The molecule has 0 radical (unpaired) electrons. The molecule has 1 N–H and O–H groups in total. The van der Waals surface area contributed by atoms with Gasteiger partial charge in [-0.15, -0.1) is 0 Å². The van der Waals surface area contributed by atoms with Gasteiger partial charge in [-0.25, -0.2) is 0 Å². The van der Waals surface area contributed by atoms with Gasteiger partial charge in [-0.2, -0.15) is 0 Å². The second-order valence-corrected chi connectivity index (χ2v) is 11.5. The molecule has 2 aliphatic rings. The van der Waals surface area contributed by atoms with Crippen molar-refractivity contribution in [3.63, 3.8) is 0 Å². The molecule has 1 saturated carbocycles. The zero-order valence-corrected chi connectivity index (χ0v) is 12.0. The van der Waals surface area contributed by atoms with Crippen molar-refractivity contribution in [1.82, 2.24) is 5.32 Å². The van der Waals surface area contributed by atoms with Crippen LogP contribution in [0.4, 0.5) is 0 Å². The van der Waals surface area contributed by atoms with Crippen molar-refractivity contribution < 1.29 is 9.22 Å². The maximum absolute atomic E-state index is 11.6. The summed E-state index contributed by atoms with van der Waals surface area (Å²) in [4.78, 5) is 11.6. The van der Waals surface area contributed by atoms with Crippen molar-refractivity contribution >= 4 is 14.2 Å². The van der Waals surface area contributed by atoms with Crippen LogP contribution < -0.4 is 5.32 Å². The van der Waals surface area contributed by atoms with E-state index in [0.717, 1.165) is 12.8 Å². The summed E-state index contributed by atoms with van der Waals surface area (Å²) in [5.74, 6) is 0.332. The number of piperidine rings is 1. The molecule has 2 bridgehead atoms. The minimum Gasteiger partial charge on any atom is -0.413 e. The van der Waals surface area contributed by atoms with Gasteiger partial charge in [0.25, 0.3) is 0 Å². The summed E-state index contributed by atoms with van der Waals surface area (Å²) >= 11 is 0. The van der Waals surface area contributed by atoms with Gasteiger partial charge >= 0.3 is 0 Å². The number of hydrogen-bond donors (Lipinski definition) is 1. The highest BCUT2D eigenvalue weighted by atomic mass is 28.4. The van der Waals surface area contributed by atoms with Crippen molar-refractivity contribution in [3.05, 3.63) is 0 Å². The Hall–Kier alpha value is -0.353. The Morgan fingerprint density at radius 3 is 2.38 bits per heavy atom. The first-order valence-electron chi connectivity index (χ1n) is 6.19. The van der Waals surface area contributed by atoms with Gasteiger partial charge in [-0.05, 0) is 31.0 Å². The van der Waals surface area contributed by atoms with Crippen LogP contribution in [0.1, 0.15) is 33.6 Å². The summed E-state index contributed by atoms with van der Waals surface area (Å²) < 4.78 is 6.35. The molecular formula is C12H23NO2Si. The SMILES string of the molecule is CC(C)(C)[Si](C)(C)O[C@H]1C[C@@H]2C[C@H]1C(=O)N2. The molecule has 1 saturated heterocycles. The molecule has 0 spiro atoms. The van der Waals surface area contributed by atoms with Crippen molar-refractivity contribution in [2.24, 2.45) is 5.92 Å². The highest BCUT2D eigenvalue weighted by molar-refractivity contribution is 6.74. The van der Waals surface area contributed by atoms with Gasteiger partial charge in [0.15, 0.2) is 8.32 Å². The molecule has 16 heavy (non-hydrogen) atoms. The van der Waals surface area contributed by atoms with Gasteiger partial charge in [0.1, 0.15) is 0 Å². The Bertz CT molecular complexity index is 309. The van der Waals surface area contributed by atoms with Crippen molar-refractivity contribution in [1.29, 1.82) is 0 Å². The molecule has 0 aromatic carbocycles. The lowest BCUT2D eigenvalue weighted by atomic mass is 10.1. The van der Waals surface area contributed by atoms with Gasteiger partial charge in [0.2, 0.25) is 5.91 Å². The average molecular weight is 241 g/mol. The van der Waals surface area contributed by atoms with Crippen LogP contribution in [0.25, 0.3) is 0 Å². The molecule has 3 nitrogen and oxygen atoms in total. The van der Waals surface area contributed by atoms with Crippen molar-refractivity contribution in [3.8, 4) is 0 Å². The number of amides is 1. The Labute approximate surface area is 99.1 Å². The fourth-order valence-corrected chi connectivity index (χ4v) is 3.76. The summed E-state index contributed by atoms with van der Waals surface area (Å²) in [5, 5.41) is 3.23. The van der Waals surface area contributed by atoms with E-state index in [4.69, 9.17) is 4.43 Å². The van der Waals surface area contributed by atoms with E-state index in [0.29, 0.717) is 6.04 Å². The summed E-state index contributed by atoms with van der Waals surface area (Å²) in [6, 6.07) is 0.382. The summed E-state index contributed by atoms with van der Waals surface area (Å²) in [6.45, 7) is 11.2. The number of hydrogen-bond acceptors (Lipinski definition) is 2. The lowest BCUT2D eigenvalue weighted by Gasteiger charge is -2.40. The van der Waals surface area contributed by atoms with Crippen LogP contribution in [-0.4, -0.2) is 26.4 Å². The van der Waals surface area contributed by atoms with E-state index in [1.807, 2.05) is 0 Å². The van der Waals surface area contributed by atoms with E-state index in [9.17, 15) is 4.79 Å². The molecular weight excluding hydrogens is 218 g/mol. The van der Waals surface area contributed by atoms with Crippen LogP contribution in [0.3, 0.4) is 0 Å². The Morgan fingerprint density at radius 2 is 1.94 bits per heavy atom. The normalized spacial score (nSPS) is 34.3. The van der Waals surface area contributed by atoms with Gasteiger partial charge in [0.05, 0.1) is 12.0 Å². The fraction of sp³-hybridized carbons (Fsp3) is 0.917. The molecule has 92 valence electrons. The third-order valence-electron chi connectivity index (χ3n) is 4.44.